The predicted octanol–water partition coefficient (Wildman–Crippen LogP) is 3.32. The number of rotatable bonds is 5. The summed E-state index contributed by atoms with van der Waals surface area (Å²) in [7, 11) is 0. The summed E-state index contributed by atoms with van der Waals surface area (Å²) in [6.07, 6.45) is 0. The number of piperazine rings is 1. The lowest BCUT2D eigenvalue weighted by Crippen LogP contribution is -2.48. The first kappa shape index (κ1) is 19.1. The lowest BCUT2D eigenvalue weighted by atomic mass is 10.2. The molecule has 1 saturated heterocycles. The maximum atomic E-state index is 12.4. The van der Waals surface area contributed by atoms with Gasteiger partial charge in [-0.05, 0) is 24.6 Å². The van der Waals surface area contributed by atoms with E-state index in [1.165, 1.54) is 12.1 Å². The topological polar surface area (TPSA) is 78.7 Å². The van der Waals surface area contributed by atoms with Gasteiger partial charge in [-0.2, -0.15) is 0 Å². The predicted molar refractivity (Wildman–Crippen MR) is 107 cm³/mol. The van der Waals surface area contributed by atoms with Gasteiger partial charge in [0.25, 0.3) is 5.69 Å². The summed E-state index contributed by atoms with van der Waals surface area (Å²) in [5.41, 5.74) is 2.24. The average molecular weight is 389 g/mol. The fourth-order valence-corrected chi connectivity index (χ4v) is 3.36. The summed E-state index contributed by atoms with van der Waals surface area (Å²) in [6, 6.07) is 12.2. The summed E-state index contributed by atoms with van der Waals surface area (Å²) in [4.78, 5) is 27.1. The molecule has 0 unspecified atom stereocenters. The van der Waals surface area contributed by atoms with Crippen LogP contribution in [0.5, 0.6) is 0 Å². The normalized spacial score (nSPS) is 14.8. The summed E-state index contributed by atoms with van der Waals surface area (Å²) in [6.45, 7) is 5.11. The van der Waals surface area contributed by atoms with Gasteiger partial charge in [-0.25, -0.2) is 0 Å². The summed E-state index contributed by atoms with van der Waals surface area (Å²) >= 11 is 6.25. The van der Waals surface area contributed by atoms with Crippen LogP contribution in [0.2, 0.25) is 5.02 Å². The molecule has 8 heteroatoms. The fraction of sp³-hybridized carbons (Fsp3) is 0.316. The highest BCUT2D eigenvalue weighted by Crippen LogP contribution is 2.26. The van der Waals surface area contributed by atoms with Crippen molar-refractivity contribution in [1.82, 2.24) is 4.90 Å². The lowest BCUT2D eigenvalue weighted by molar-refractivity contribution is -0.384. The second kappa shape index (κ2) is 8.37. The Balaban J connectivity index is 1.55. The van der Waals surface area contributed by atoms with Gasteiger partial charge in [0, 0.05) is 38.3 Å². The Morgan fingerprint density at radius 2 is 1.89 bits per heavy atom. The number of nitrogens with one attached hydrogen (secondary N) is 1. The number of aryl methyl sites for hydroxylation is 1. The van der Waals surface area contributed by atoms with Gasteiger partial charge in [0.05, 0.1) is 27.9 Å². The van der Waals surface area contributed by atoms with Gasteiger partial charge < -0.3 is 10.2 Å². The number of para-hydroxylation sites is 1. The van der Waals surface area contributed by atoms with E-state index >= 15 is 0 Å². The number of nitro groups is 1. The van der Waals surface area contributed by atoms with Crippen LogP contribution in [-0.2, 0) is 4.79 Å². The van der Waals surface area contributed by atoms with E-state index in [1.807, 2.05) is 31.2 Å². The number of benzene rings is 2. The molecular weight excluding hydrogens is 368 g/mol. The first-order valence-electron chi connectivity index (χ1n) is 8.71. The largest absolute Gasteiger partial charge is 0.368 e. The van der Waals surface area contributed by atoms with Crippen molar-refractivity contribution in [2.24, 2.45) is 0 Å². The Kier molecular flexibility index (Phi) is 5.93. The van der Waals surface area contributed by atoms with Crippen molar-refractivity contribution in [2.75, 3.05) is 42.9 Å². The number of amides is 1. The zero-order chi connectivity index (χ0) is 19.4. The van der Waals surface area contributed by atoms with Crippen molar-refractivity contribution in [3.05, 3.63) is 63.2 Å². The second-order valence-electron chi connectivity index (χ2n) is 6.52. The Hall–Kier alpha value is -2.64. The van der Waals surface area contributed by atoms with E-state index in [0.717, 1.165) is 42.5 Å². The highest BCUT2D eigenvalue weighted by molar-refractivity contribution is 6.33. The molecule has 142 valence electrons. The molecule has 1 N–H and O–H groups in total. The van der Waals surface area contributed by atoms with Crippen LogP contribution < -0.4 is 10.2 Å². The minimum absolute atomic E-state index is 0.0377. The monoisotopic (exact) mass is 388 g/mol. The zero-order valence-electron chi connectivity index (χ0n) is 15.0. The van der Waals surface area contributed by atoms with Gasteiger partial charge in [-0.15, -0.1) is 0 Å². The summed E-state index contributed by atoms with van der Waals surface area (Å²) in [5, 5.41) is 14.4. The van der Waals surface area contributed by atoms with Crippen molar-refractivity contribution < 1.29 is 9.72 Å². The van der Waals surface area contributed by atoms with Crippen LogP contribution in [0.25, 0.3) is 0 Å². The molecule has 1 fully saturated rings. The third kappa shape index (κ3) is 4.75. The molecule has 2 aromatic rings. The van der Waals surface area contributed by atoms with Crippen LogP contribution in [0.4, 0.5) is 17.1 Å². The highest BCUT2D eigenvalue weighted by Gasteiger charge is 2.21. The SMILES string of the molecule is Cc1ccc([N+](=O)[O-])cc1NC(=O)CN1CCN(c2ccccc2Cl)CC1. The first-order chi connectivity index (χ1) is 12.9. The number of nitro benzene ring substituents is 1. The lowest BCUT2D eigenvalue weighted by Gasteiger charge is -2.36. The van der Waals surface area contributed by atoms with E-state index in [1.54, 1.807) is 6.07 Å². The van der Waals surface area contributed by atoms with Crippen molar-refractivity contribution in [3.8, 4) is 0 Å². The number of hydrogen-bond acceptors (Lipinski definition) is 5. The Bertz CT molecular complexity index is 851. The maximum absolute atomic E-state index is 12.4. The van der Waals surface area contributed by atoms with Gasteiger partial charge in [-0.3, -0.25) is 19.8 Å². The van der Waals surface area contributed by atoms with Gasteiger partial charge in [-0.1, -0.05) is 29.8 Å². The molecule has 1 amide bonds. The number of carbonyl (C=O) groups excluding carboxylic acids is 1. The molecule has 0 aliphatic carbocycles. The van der Waals surface area contributed by atoms with E-state index in [2.05, 4.69) is 15.1 Å². The molecule has 1 heterocycles. The molecule has 1 aliphatic rings. The second-order valence-corrected chi connectivity index (χ2v) is 6.93. The Morgan fingerprint density at radius 3 is 2.56 bits per heavy atom. The number of anilines is 2. The molecule has 0 spiro atoms. The van der Waals surface area contributed by atoms with Crippen LogP contribution in [0.15, 0.2) is 42.5 Å². The quantitative estimate of drug-likeness (QED) is 0.628. The minimum atomic E-state index is -0.469. The number of halogens is 1. The van der Waals surface area contributed by atoms with E-state index in [4.69, 9.17) is 11.6 Å². The van der Waals surface area contributed by atoms with Gasteiger partial charge in [0.15, 0.2) is 0 Å². The average Bonchev–Trinajstić information content (AvgIpc) is 2.64. The molecule has 0 radical (unpaired) electrons. The van der Waals surface area contributed by atoms with Gasteiger partial charge in [0.2, 0.25) is 5.91 Å². The van der Waals surface area contributed by atoms with Crippen LogP contribution in [0, 0.1) is 17.0 Å². The minimum Gasteiger partial charge on any atom is -0.368 e. The third-order valence-corrected chi connectivity index (χ3v) is 4.96. The summed E-state index contributed by atoms with van der Waals surface area (Å²) < 4.78 is 0. The van der Waals surface area contributed by atoms with Crippen molar-refractivity contribution in [2.45, 2.75) is 6.92 Å². The molecule has 0 aromatic heterocycles. The first-order valence-corrected chi connectivity index (χ1v) is 9.08. The fourth-order valence-electron chi connectivity index (χ4n) is 3.11. The molecule has 1 aliphatic heterocycles. The molecule has 3 rings (SSSR count). The van der Waals surface area contributed by atoms with Crippen LogP contribution in [0.1, 0.15) is 5.56 Å². The summed E-state index contributed by atoms with van der Waals surface area (Å²) in [5.74, 6) is -0.176. The number of nitrogens with zero attached hydrogens (tertiary/aromatic N) is 3. The third-order valence-electron chi connectivity index (χ3n) is 4.64. The number of carbonyl (C=O) groups is 1. The van der Waals surface area contributed by atoms with Crippen molar-refractivity contribution in [3.63, 3.8) is 0 Å². The number of hydrogen-bond donors (Lipinski definition) is 1. The van der Waals surface area contributed by atoms with Crippen LogP contribution >= 0.6 is 11.6 Å². The van der Waals surface area contributed by atoms with Gasteiger partial charge >= 0.3 is 0 Å². The Labute approximate surface area is 162 Å². The van der Waals surface area contributed by atoms with E-state index in [0.29, 0.717) is 5.69 Å². The maximum Gasteiger partial charge on any atom is 0.271 e. The van der Waals surface area contributed by atoms with E-state index < -0.39 is 4.92 Å². The van der Waals surface area contributed by atoms with Crippen molar-refractivity contribution >= 4 is 34.6 Å². The molecular formula is C19H21ClN4O3. The molecule has 0 saturated carbocycles. The number of non-ortho nitro benzene ring substituents is 1. The Morgan fingerprint density at radius 1 is 1.19 bits per heavy atom. The molecule has 0 atom stereocenters. The van der Waals surface area contributed by atoms with Crippen LogP contribution in [-0.4, -0.2) is 48.5 Å². The van der Waals surface area contributed by atoms with Gasteiger partial charge in [0.1, 0.15) is 0 Å². The molecule has 27 heavy (non-hydrogen) atoms. The van der Waals surface area contributed by atoms with E-state index in [9.17, 15) is 14.9 Å². The molecule has 2 aromatic carbocycles. The molecule has 7 nitrogen and oxygen atoms in total. The standard InChI is InChI=1S/C19H21ClN4O3/c1-14-6-7-15(24(26)27)12-17(14)21-19(25)13-22-8-10-23(11-9-22)18-5-3-2-4-16(18)20/h2-7,12H,8-11,13H2,1H3,(H,21,25). The molecule has 0 bridgehead atoms. The highest BCUT2D eigenvalue weighted by atomic mass is 35.5. The van der Waals surface area contributed by atoms with Crippen LogP contribution in [0.3, 0.4) is 0 Å². The zero-order valence-corrected chi connectivity index (χ0v) is 15.8. The van der Waals surface area contributed by atoms with E-state index in [-0.39, 0.29) is 18.1 Å². The van der Waals surface area contributed by atoms with Crippen molar-refractivity contribution in [1.29, 1.82) is 0 Å². The smallest absolute Gasteiger partial charge is 0.271 e.